The number of nitrogens with one attached hydrogen (secondary N) is 1. The smallest absolute Gasteiger partial charge is 0.348 e. The van der Waals surface area contributed by atoms with E-state index in [4.69, 9.17) is 14.7 Å². The molecule has 0 spiro atoms. The van der Waals surface area contributed by atoms with Crippen LogP contribution in [0.5, 0.6) is 0 Å². The van der Waals surface area contributed by atoms with Crippen LogP contribution in [0.3, 0.4) is 0 Å². The van der Waals surface area contributed by atoms with Crippen molar-refractivity contribution in [3.63, 3.8) is 0 Å². The summed E-state index contributed by atoms with van der Waals surface area (Å²) in [5.41, 5.74) is 0.931. The number of fused-ring (bicyclic) bond motifs is 1. The summed E-state index contributed by atoms with van der Waals surface area (Å²) in [6.45, 7) is 8.36. The van der Waals surface area contributed by atoms with Gasteiger partial charge in [0.05, 0.1) is 44.4 Å². The number of hydrogen-bond acceptors (Lipinski definition) is 7. The molecule has 1 saturated heterocycles. The summed E-state index contributed by atoms with van der Waals surface area (Å²) in [5.74, 6) is 2.19. The highest BCUT2D eigenvalue weighted by atomic mass is 32.2. The van der Waals surface area contributed by atoms with E-state index < -0.39 is 0 Å². The number of quaternary nitrogens is 1. The molecule has 1 aliphatic rings. The predicted molar refractivity (Wildman–Crippen MR) is 128 cm³/mol. The van der Waals surface area contributed by atoms with Crippen molar-refractivity contribution in [2.24, 2.45) is 0 Å². The van der Waals surface area contributed by atoms with E-state index in [1.54, 1.807) is 16.7 Å². The van der Waals surface area contributed by atoms with Crippen LogP contribution in [0.4, 0.5) is 5.82 Å². The Hall–Kier alpha value is -2.16. The number of carbonyl (C=O) groups is 1. The van der Waals surface area contributed by atoms with Gasteiger partial charge in [-0.05, 0) is 31.5 Å². The zero-order chi connectivity index (χ0) is 21.8. The Labute approximate surface area is 191 Å². The third kappa shape index (κ3) is 5.02. The highest BCUT2D eigenvalue weighted by Gasteiger charge is 2.25. The Kier molecular flexibility index (Phi) is 7.09. The topological polar surface area (TPSA) is 59.8 Å². The first-order chi connectivity index (χ1) is 15.1. The third-order valence-corrected chi connectivity index (χ3v) is 7.70. The van der Waals surface area contributed by atoms with Crippen molar-refractivity contribution in [2.75, 3.05) is 44.7 Å². The van der Waals surface area contributed by atoms with Crippen molar-refractivity contribution >= 4 is 45.1 Å². The second kappa shape index (κ2) is 9.97. The van der Waals surface area contributed by atoms with Crippen LogP contribution in [0.2, 0.25) is 0 Å². The number of nitrogens with zero attached hydrogens (tertiary/aromatic N) is 3. The van der Waals surface area contributed by atoms with Crippen molar-refractivity contribution in [3.8, 4) is 0 Å². The monoisotopic (exact) mass is 457 g/mol. The van der Waals surface area contributed by atoms with E-state index >= 15 is 0 Å². The standard InChI is InChI=1S/C23H28N4O2S2/c1-4-29-23(28)20-16(2)19-21(27-12-8-11-26(3)13-14-27)24-18(25-22(19)31-20)15-30-17-9-6-5-7-10-17/h5-7,9-10H,4,8,11-15H2,1-3H3/p+1. The molecule has 1 aromatic carbocycles. The average molecular weight is 458 g/mol. The highest BCUT2D eigenvalue weighted by Crippen LogP contribution is 2.37. The van der Waals surface area contributed by atoms with Gasteiger partial charge in [0.25, 0.3) is 0 Å². The molecule has 1 atom stereocenters. The molecule has 8 heteroatoms. The third-order valence-electron chi connectivity index (χ3n) is 5.53. The maximum Gasteiger partial charge on any atom is 0.348 e. The lowest BCUT2D eigenvalue weighted by molar-refractivity contribution is -0.876. The molecule has 1 N–H and O–H groups in total. The van der Waals surface area contributed by atoms with Crippen LogP contribution in [0, 0.1) is 6.92 Å². The molecule has 1 unspecified atom stereocenters. The van der Waals surface area contributed by atoms with Gasteiger partial charge in [-0.3, -0.25) is 0 Å². The molecule has 0 radical (unpaired) electrons. The number of anilines is 1. The van der Waals surface area contributed by atoms with E-state index in [2.05, 4.69) is 24.1 Å². The average Bonchev–Trinajstić information content (AvgIpc) is 2.95. The number of ether oxygens (including phenoxy) is 1. The molecule has 0 bridgehead atoms. The molecular formula is C23H29N4O2S2+. The Balaban J connectivity index is 1.74. The van der Waals surface area contributed by atoms with E-state index in [0.717, 1.165) is 60.0 Å². The van der Waals surface area contributed by atoms with Crippen LogP contribution < -0.4 is 9.80 Å². The fraction of sp³-hybridized carbons (Fsp3) is 0.435. The van der Waals surface area contributed by atoms with Gasteiger partial charge in [0, 0.05) is 17.9 Å². The number of hydrogen-bond donors (Lipinski definition) is 1. The number of thiophene rings is 1. The zero-order valence-corrected chi connectivity index (χ0v) is 19.9. The van der Waals surface area contributed by atoms with Gasteiger partial charge >= 0.3 is 5.97 Å². The number of esters is 1. The molecule has 0 amide bonds. The molecule has 3 aromatic rings. The van der Waals surface area contributed by atoms with E-state index in [1.807, 2.05) is 32.0 Å². The van der Waals surface area contributed by atoms with E-state index in [9.17, 15) is 4.79 Å². The number of aryl methyl sites for hydroxylation is 1. The van der Waals surface area contributed by atoms with Crippen molar-refractivity contribution in [1.82, 2.24) is 9.97 Å². The lowest BCUT2D eigenvalue weighted by atomic mass is 10.2. The number of likely N-dealkylation sites (N-methyl/N-ethyl adjacent to an activating group) is 1. The van der Waals surface area contributed by atoms with E-state index in [-0.39, 0.29) is 5.97 Å². The van der Waals surface area contributed by atoms with E-state index in [1.165, 1.54) is 16.2 Å². The first kappa shape index (κ1) is 22.0. The van der Waals surface area contributed by atoms with Crippen LogP contribution in [-0.2, 0) is 10.5 Å². The summed E-state index contributed by atoms with van der Waals surface area (Å²) in [6.07, 6.45) is 1.12. The first-order valence-electron chi connectivity index (χ1n) is 10.8. The van der Waals surface area contributed by atoms with Gasteiger partial charge in [-0.25, -0.2) is 14.8 Å². The van der Waals surface area contributed by atoms with Gasteiger partial charge in [0.1, 0.15) is 21.3 Å². The number of aromatic nitrogens is 2. The van der Waals surface area contributed by atoms with Crippen LogP contribution in [-0.4, -0.2) is 55.8 Å². The van der Waals surface area contributed by atoms with Crippen molar-refractivity contribution < 1.29 is 14.4 Å². The van der Waals surface area contributed by atoms with Crippen LogP contribution in [0.25, 0.3) is 10.2 Å². The van der Waals surface area contributed by atoms with Crippen molar-refractivity contribution in [1.29, 1.82) is 0 Å². The second-order valence-corrected chi connectivity index (χ2v) is 9.87. The highest BCUT2D eigenvalue weighted by molar-refractivity contribution is 7.98. The summed E-state index contributed by atoms with van der Waals surface area (Å²) in [6, 6.07) is 10.3. The fourth-order valence-electron chi connectivity index (χ4n) is 3.86. The molecule has 0 aliphatic carbocycles. The zero-order valence-electron chi connectivity index (χ0n) is 18.3. The van der Waals surface area contributed by atoms with Gasteiger partial charge in [0.2, 0.25) is 0 Å². The SMILES string of the molecule is CCOC(=O)c1sc2nc(CSc3ccccc3)nc(N3CCC[NH+](C)CC3)c2c1C. The minimum atomic E-state index is -0.269. The first-order valence-corrected chi connectivity index (χ1v) is 12.6. The van der Waals surface area contributed by atoms with Crippen LogP contribution >= 0.6 is 23.1 Å². The molecule has 1 fully saturated rings. The predicted octanol–water partition coefficient (Wildman–Crippen LogP) is 3.19. The summed E-state index contributed by atoms with van der Waals surface area (Å²) in [4.78, 5) is 29.0. The molecule has 31 heavy (non-hydrogen) atoms. The number of benzene rings is 1. The molecule has 0 saturated carbocycles. The number of carbonyl (C=O) groups excluding carboxylic acids is 1. The van der Waals surface area contributed by atoms with Gasteiger partial charge in [-0.2, -0.15) is 0 Å². The van der Waals surface area contributed by atoms with Crippen LogP contribution in [0.15, 0.2) is 35.2 Å². The van der Waals surface area contributed by atoms with Crippen LogP contribution in [0.1, 0.15) is 34.4 Å². The number of rotatable bonds is 6. The molecule has 1 aliphatic heterocycles. The van der Waals surface area contributed by atoms with Gasteiger partial charge < -0.3 is 14.5 Å². The summed E-state index contributed by atoms with van der Waals surface area (Å²) >= 11 is 3.16. The molecule has 3 heterocycles. The lowest BCUT2D eigenvalue weighted by Gasteiger charge is -2.22. The van der Waals surface area contributed by atoms with Gasteiger partial charge in [0.15, 0.2) is 0 Å². The van der Waals surface area contributed by atoms with Crippen molar-refractivity contribution in [2.45, 2.75) is 30.9 Å². The molecular weight excluding hydrogens is 428 g/mol. The maximum absolute atomic E-state index is 12.5. The quantitative estimate of drug-likeness (QED) is 0.453. The van der Waals surface area contributed by atoms with Crippen molar-refractivity contribution in [3.05, 3.63) is 46.6 Å². The second-order valence-electron chi connectivity index (χ2n) is 7.82. The Morgan fingerprint density at radius 1 is 1.23 bits per heavy atom. The van der Waals surface area contributed by atoms with E-state index in [0.29, 0.717) is 17.2 Å². The van der Waals surface area contributed by atoms with Gasteiger partial charge in [-0.1, -0.05) is 18.2 Å². The molecule has 6 nitrogen and oxygen atoms in total. The Morgan fingerprint density at radius 3 is 2.81 bits per heavy atom. The lowest BCUT2D eigenvalue weighted by Crippen LogP contribution is -3.09. The Bertz CT molecular complexity index is 1050. The summed E-state index contributed by atoms with van der Waals surface area (Å²) < 4.78 is 5.30. The van der Waals surface area contributed by atoms with Gasteiger partial charge in [-0.15, -0.1) is 23.1 Å². The minimum absolute atomic E-state index is 0.269. The normalized spacial score (nSPS) is 17.0. The number of thioether (sulfide) groups is 1. The summed E-state index contributed by atoms with van der Waals surface area (Å²) in [7, 11) is 2.25. The minimum Gasteiger partial charge on any atom is -0.462 e. The maximum atomic E-state index is 12.5. The largest absolute Gasteiger partial charge is 0.462 e. The molecule has 4 rings (SSSR count). The Morgan fingerprint density at radius 2 is 2.03 bits per heavy atom. The fourth-order valence-corrected chi connectivity index (χ4v) is 5.72. The molecule has 164 valence electrons. The molecule has 2 aromatic heterocycles. The summed E-state index contributed by atoms with van der Waals surface area (Å²) in [5, 5.41) is 1.00.